The van der Waals surface area contributed by atoms with Gasteiger partial charge in [-0.25, -0.2) is 0 Å². The molecule has 2 heterocycles. The average Bonchev–Trinajstić information content (AvgIpc) is 2.73. The first-order chi connectivity index (χ1) is 10.0. The van der Waals surface area contributed by atoms with Crippen LogP contribution < -0.4 is 11.1 Å². The lowest BCUT2D eigenvalue weighted by molar-refractivity contribution is -0.117. The van der Waals surface area contributed by atoms with Gasteiger partial charge in [0.15, 0.2) is 0 Å². The van der Waals surface area contributed by atoms with Crippen LogP contribution in [0.2, 0.25) is 0 Å². The number of carbonyl (C=O) groups excluding carboxylic acids is 1. The Morgan fingerprint density at radius 3 is 2.71 bits per heavy atom. The van der Waals surface area contributed by atoms with Gasteiger partial charge in [0.1, 0.15) is 17.4 Å². The van der Waals surface area contributed by atoms with Crippen molar-refractivity contribution in [2.75, 3.05) is 31.5 Å². The molecule has 0 aliphatic carbocycles. The van der Waals surface area contributed by atoms with Crippen molar-refractivity contribution in [1.29, 1.82) is 5.26 Å². The highest BCUT2D eigenvalue weighted by molar-refractivity contribution is 5.92. The molecule has 0 radical (unpaired) electrons. The monoisotopic (exact) mass is 290 g/mol. The van der Waals surface area contributed by atoms with Gasteiger partial charge in [-0.2, -0.15) is 5.26 Å². The number of furan rings is 1. The van der Waals surface area contributed by atoms with E-state index in [9.17, 15) is 4.79 Å². The van der Waals surface area contributed by atoms with E-state index >= 15 is 0 Å². The molecule has 1 amide bonds. The second-order valence-corrected chi connectivity index (χ2v) is 5.60. The van der Waals surface area contributed by atoms with E-state index in [1.165, 1.54) is 0 Å². The van der Waals surface area contributed by atoms with E-state index in [-0.39, 0.29) is 11.8 Å². The predicted molar refractivity (Wildman–Crippen MR) is 79.7 cm³/mol. The summed E-state index contributed by atoms with van der Waals surface area (Å²) in [5, 5.41) is 11.8. The van der Waals surface area contributed by atoms with Gasteiger partial charge in [0.05, 0.1) is 6.54 Å². The Morgan fingerprint density at radius 1 is 1.48 bits per heavy atom. The Morgan fingerprint density at radius 2 is 2.14 bits per heavy atom. The third-order valence-corrected chi connectivity index (χ3v) is 4.16. The summed E-state index contributed by atoms with van der Waals surface area (Å²) in [5.74, 6) is 1.34. The second kappa shape index (κ2) is 6.74. The van der Waals surface area contributed by atoms with E-state index in [0.29, 0.717) is 23.8 Å². The molecule has 1 aliphatic heterocycles. The first-order valence-electron chi connectivity index (χ1n) is 7.27. The summed E-state index contributed by atoms with van der Waals surface area (Å²) in [6, 6.07) is 2.07. The Hall–Kier alpha value is -1.84. The number of nitriles is 1. The standard InChI is InChI=1S/C15H22N4O2/c1-10-11(2)21-15(13(10)8-17)18-14(20)9-19-5-3-12(7-16)4-6-19/h12H,3-7,9,16H2,1-2H3,(H,18,20). The first kappa shape index (κ1) is 15.5. The smallest absolute Gasteiger partial charge is 0.240 e. The number of amides is 1. The summed E-state index contributed by atoms with van der Waals surface area (Å²) in [4.78, 5) is 14.2. The van der Waals surface area contributed by atoms with E-state index < -0.39 is 0 Å². The van der Waals surface area contributed by atoms with Crippen LogP contribution >= 0.6 is 0 Å². The minimum atomic E-state index is -0.147. The van der Waals surface area contributed by atoms with E-state index in [4.69, 9.17) is 15.4 Å². The molecule has 6 heteroatoms. The Balaban J connectivity index is 1.91. The van der Waals surface area contributed by atoms with Crippen molar-refractivity contribution in [3.05, 3.63) is 16.9 Å². The topological polar surface area (TPSA) is 95.3 Å². The second-order valence-electron chi connectivity index (χ2n) is 5.60. The highest BCUT2D eigenvalue weighted by atomic mass is 16.4. The maximum atomic E-state index is 12.1. The summed E-state index contributed by atoms with van der Waals surface area (Å²) >= 11 is 0. The normalized spacial score (nSPS) is 16.7. The maximum absolute atomic E-state index is 12.1. The Kier molecular flexibility index (Phi) is 4.99. The number of likely N-dealkylation sites (tertiary alicyclic amines) is 1. The van der Waals surface area contributed by atoms with Crippen molar-refractivity contribution in [3.8, 4) is 6.07 Å². The molecule has 0 atom stereocenters. The van der Waals surface area contributed by atoms with Crippen LogP contribution in [0.4, 0.5) is 5.88 Å². The number of hydrogen-bond acceptors (Lipinski definition) is 5. The van der Waals surface area contributed by atoms with Crippen molar-refractivity contribution < 1.29 is 9.21 Å². The molecule has 1 saturated heterocycles. The number of carbonyl (C=O) groups is 1. The molecular weight excluding hydrogens is 268 g/mol. The lowest BCUT2D eigenvalue weighted by Crippen LogP contribution is -2.40. The molecule has 1 aliphatic rings. The molecule has 1 aromatic heterocycles. The summed E-state index contributed by atoms with van der Waals surface area (Å²) < 4.78 is 5.44. The highest BCUT2D eigenvalue weighted by Crippen LogP contribution is 2.25. The molecule has 0 aromatic carbocycles. The number of nitrogens with zero attached hydrogens (tertiary/aromatic N) is 2. The molecule has 2 rings (SSSR count). The number of nitrogens with two attached hydrogens (primary N) is 1. The molecular formula is C15H22N4O2. The van der Waals surface area contributed by atoms with Crippen LogP contribution in [-0.2, 0) is 4.79 Å². The van der Waals surface area contributed by atoms with Crippen LogP contribution in [0.5, 0.6) is 0 Å². The summed E-state index contributed by atoms with van der Waals surface area (Å²) in [5.41, 5.74) is 6.84. The van der Waals surface area contributed by atoms with Crippen LogP contribution in [0.25, 0.3) is 0 Å². The van der Waals surface area contributed by atoms with E-state index in [1.807, 2.05) is 6.92 Å². The van der Waals surface area contributed by atoms with Crippen LogP contribution in [0, 0.1) is 31.1 Å². The SMILES string of the molecule is Cc1oc(NC(=O)CN2CCC(CN)CC2)c(C#N)c1C. The fraction of sp³-hybridized carbons (Fsp3) is 0.600. The zero-order valence-corrected chi connectivity index (χ0v) is 12.6. The highest BCUT2D eigenvalue weighted by Gasteiger charge is 2.21. The zero-order chi connectivity index (χ0) is 15.4. The Bertz CT molecular complexity index is 551. The van der Waals surface area contributed by atoms with Gasteiger partial charge in [0, 0.05) is 5.56 Å². The molecule has 0 spiro atoms. The molecule has 0 saturated carbocycles. The fourth-order valence-electron chi connectivity index (χ4n) is 2.60. The van der Waals surface area contributed by atoms with Crippen LogP contribution in [0.3, 0.4) is 0 Å². The van der Waals surface area contributed by atoms with Crippen molar-refractivity contribution in [2.24, 2.45) is 11.7 Å². The molecule has 1 aromatic rings. The van der Waals surface area contributed by atoms with Gasteiger partial charge >= 0.3 is 0 Å². The molecule has 21 heavy (non-hydrogen) atoms. The third kappa shape index (κ3) is 3.63. The summed E-state index contributed by atoms with van der Waals surface area (Å²) in [7, 11) is 0. The predicted octanol–water partition coefficient (Wildman–Crippen LogP) is 1.38. The van der Waals surface area contributed by atoms with Gasteiger partial charge in [-0.3, -0.25) is 15.0 Å². The van der Waals surface area contributed by atoms with Crippen LogP contribution in [0.15, 0.2) is 4.42 Å². The first-order valence-corrected chi connectivity index (χ1v) is 7.27. The molecule has 3 N–H and O–H groups in total. The molecule has 0 unspecified atom stereocenters. The quantitative estimate of drug-likeness (QED) is 0.873. The van der Waals surface area contributed by atoms with Gasteiger partial charge in [-0.1, -0.05) is 0 Å². The van der Waals surface area contributed by atoms with Crippen molar-refractivity contribution in [2.45, 2.75) is 26.7 Å². The summed E-state index contributed by atoms with van der Waals surface area (Å²) in [6.45, 7) is 6.40. The number of piperidine rings is 1. The van der Waals surface area contributed by atoms with E-state index in [2.05, 4.69) is 16.3 Å². The zero-order valence-electron chi connectivity index (χ0n) is 12.6. The minimum Gasteiger partial charge on any atom is -0.444 e. The van der Waals surface area contributed by atoms with E-state index in [1.54, 1.807) is 6.92 Å². The number of rotatable bonds is 4. The summed E-state index contributed by atoms with van der Waals surface area (Å²) in [6.07, 6.45) is 2.07. The van der Waals surface area contributed by atoms with E-state index in [0.717, 1.165) is 38.0 Å². The van der Waals surface area contributed by atoms with Gasteiger partial charge in [-0.05, 0) is 52.2 Å². The van der Waals surface area contributed by atoms with Crippen molar-refractivity contribution in [1.82, 2.24) is 4.90 Å². The Labute approximate surface area is 124 Å². The third-order valence-electron chi connectivity index (χ3n) is 4.16. The number of anilines is 1. The molecule has 6 nitrogen and oxygen atoms in total. The molecule has 114 valence electrons. The van der Waals surface area contributed by atoms with Gasteiger partial charge in [-0.15, -0.1) is 0 Å². The minimum absolute atomic E-state index is 0.147. The van der Waals surface area contributed by atoms with Gasteiger partial charge in [0.25, 0.3) is 0 Å². The van der Waals surface area contributed by atoms with Gasteiger partial charge in [0.2, 0.25) is 11.8 Å². The average molecular weight is 290 g/mol. The molecule has 1 fully saturated rings. The van der Waals surface area contributed by atoms with Crippen LogP contribution in [0.1, 0.15) is 29.7 Å². The number of nitrogens with one attached hydrogen (secondary N) is 1. The lowest BCUT2D eigenvalue weighted by Gasteiger charge is -2.30. The molecule has 0 bridgehead atoms. The largest absolute Gasteiger partial charge is 0.444 e. The van der Waals surface area contributed by atoms with Gasteiger partial charge < -0.3 is 10.2 Å². The van der Waals surface area contributed by atoms with Crippen molar-refractivity contribution in [3.63, 3.8) is 0 Å². The lowest BCUT2D eigenvalue weighted by atomic mass is 9.97. The van der Waals surface area contributed by atoms with Crippen molar-refractivity contribution >= 4 is 11.8 Å². The maximum Gasteiger partial charge on any atom is 0.240 e. The fourth-order valence-corrected chi connectivity index (χ4v) is 2.60. The number of aryl methyl sites for hydroxylation is 1. The number of hydrogen-bond donors (Lipinski definition) is 2. The van der Waals surface area contributed by atoms with Crippen LogP contribution in [-0.4, -0.2) is 37.0 Å².